The molecule has 1 aromatic heterocycles. The van der Waals surface area contributed by atoms with E-state index in [4.69, 9.17) is 4.42 Å². The first kappa shape index (κ1) is 17.1. The maximum absolute atomic E-state index is 12.2. The fraction of sp³-hybridized carbons (Fsp3) is 0.368. The lowest BCUT2D eigenvalue weighted by atomic mass is 9.98. The van der Waals surface area contributed by atoms with Crippen LogP contribution in [0.2, 0.25) is 0 Å². The number of nitrogens with one attached hydrogen (secondary N) is 3. The molecular weight excluding hydrogens is 318 g/mol. The Morgan fingerprint density at radius 3 is 2.60 bits per heavy atom. The van der Waals surface area contributed by atoms with Gasteiger partial charge in [0.2, 0.25) is 5.91 Å². The number of aryl methyl sites for hydroxylation is 2. The Kier molecular flexibility index (Phi) is 4.79. The summed E-state index contributed by atoms with van der Waals surface area (Å²) >= 11 is 0. The average molecular weight is 341 g/mol. The second-order valence-electron chi connectivity index (χ2n) is 6.47. The molecule has 1 aromatic carbocycles. The second kappa shape index (κ2) is 7.01. The van der Waals surface area contributed by atoms with Crippen LogP contribution in [0.3, 0.4) is 0 Å². The molecule has 6 heteroatoms. The van der Waals surface area contributed by atoms with Crippen molar-refractivity contribution in [1.82, 2.24) is 10.6 Å². The fourth-order valence-corrected chi connectivity index (χ4v) is 2.95. The molecule has 0 radical (unpaired) electrons. The topological polar surface area (TPSA) is 83.4 Å². The predicted octanol–water partition coefficient (Wildman–Crippen LogP) is 3.59. The van der Waals surface area contributed by atoms with Gasteiger partial charge in [-0.3, -0.25) is 4.79 Å². The van der Waals surface area contributed by atoms with Crippen molar-refractivity contribution < 1.29 is 14.0 Å². The predicted molar refractivity (Wildman–Crippen MR) is 95.3 cm³/mol. The van der Waals surface area contributed by atoms with Gasteiger partial charge in [0.15, 0.2) is 0 Å². The second-order valence-corrected chi connectivity index (χ2v) is 6.47. The van der Waals surface area contributed by atoms with Gasteiger partial charge in [0.05, 0.1) is 12.1 Å². The maximum atomic E-state index is 12.2. The molecule has 2 aromatic rings. The normalized spacial score (nSPS) is 15.7. The molecule has 3 amide bonds. The summed E-state index contributed by atoms with van der Waals surface area (Å²) in [6.07, 6.45) is 1.22. The lowest BCUT2D eigenvalue weighted by Crippen LogP contribution is -2.38. The average Bonchev–Trinajstić information content (AvgIpc) is 3.00. The Morgan fingerprint density at radius 1 is 1.12 bits per heavy atom. The van der Waals surface area contributed by atoms with Crippen molar-refractivity contribution in [3.05, 3.63) is 53.0 Å². The number of carbonyl (C=O) groups excluding carboxylic acids is 2. The van der Waals surface area contributed by atoms with E-state index in [9.17, 15) is 9.59 Å². The summed E-state index contributed by atoms with van der Waals surface area (Å²) < 4.78 is 5.53. The zero-order valence-electron chi connectivity index (χ0n) is 14.7. The standard InChI is InChI=1S/C19H23N3O3/c1-11-4-8-17(25-11)13(3)21-19(24)20-12(2)14-5-7-16-15(10-14)6-9-18(23)22-16/h4-5,7-8,10,12-13H,6,9H2,1-3H3,(H,22,23)(H2,20,21,24)/t12-,13+/m1/s1. The summed E-state index contributed by atoms with van der Waals surface area (Å²) in [5, 5.41) is 8.68. The number of hydrogen-bond donors (Lipinski definition) is 3. The summed E-state index contributed by atoms with van der Waals surface area (Å²) in [5.41, 5.74) is 2.97. The minimum Gasteiger partial charge on any atom is -0.464 e. The molecule has 0 unspecified atom stereocenters. The fourth-order valence-electron chi connectivity index (χ4n) is 2.95. The molecule has 1 aliphatic rings. The molecule has 0 saturated heterocycles. The molecule has 0 spiro atoms. The van der Waals surface area contributed by atoms with Crippen molar-refractivity contribution in [3.63, 3.8) is 0 Å². The zero-order valence-corrected chi connectivity index (χ0v) is 14.7. The van der Waals surface area contributed by atoms with Gasteiger partial charge in [-0.2, -0.15) is 0 Å². The Bertz CT molecular complexity index is 797. The van der Waals surface area contributed by atoms with Gasteiger partial charge in [0, 0.05) is 12.1 Å². The van der Waals surface area contributed by atoms with Crippen molar-refractivity contribution in [2.75, 3.05) is 5.32 Å². The number of carbonyl (C=O) groups is 2. The van der Waals surface area contributed by atoms with Crippen molar-refractivity contribution in [3.8, 4) is 0 Å². The van der Waals surface area contributed by atoms with Crippen LogP contribution in [-0.2, 0) is 11.2 Å². The van der Waals surface area contributed by atoms with Gasteiger partial charge in [0.25, 0.3) is 0 Å². The molecule has 6 nitrogen and oxygen atoms in total. The quantitative estimate of drug-likeness (QED) is 0.794. The Morgan fingerprint density at radius 2 is 1.88 bits per heavy atom. The van der Waals surface area contributed by atoms with Crippen LogP contribution >= 0.6 is 0 Å². The summed E-state index contributed by atoms with van der Waals surface area (Å²) in [7, 11) is 0. The lowest BCUT2D eigenvalue weighted by molar-refractivity contribution is -0.116. The van der Waals surface area contributed by atoms with Gasteiger partial charge in [-0.15, -0.1) is 0 Å². The smallest absolute Gasteiger partial charge is 0.315 e. The highest BCUT2D eigenvalue weighted by molar-refractivity contribution is 5.93. The van der Waals surface area contributed by atoms with Crippen LogP contribution < -0.4 is 16.0 Å². The summed E-state index contributed by atoms with van der Waals surface area (Å²) in [6, 6.07) is 8.99. The SMILES string of the molecule is Cc1ccc([C@H](C)NC(=O)N[C@H](C)c2ccc3c(c2)CCC(=O)N3)o1. The van der Waals surface area contributed by atoms with Crippen LogP contribution in [0.25, 0.3) is 0 Å². The molecule has 0 fully saturated rings. The van der Waals surface area contributed by atoms with Crippen molar-refractivity contribution in [2.45, 2.75) is 45.7 Å². The minimum absolute atomic E-state index is 0.0490. The van der Waals surface area contributed by atoms with E-state index < -0.39 is 0 Å². The van der Waals surface area contributed by atoms with E-state index in [-0.39, 0.29) is 24.0 Å². The molecule has 132 valence electrons. The third-order valence-electron chi connectivity index (χ3n) is 4.41. The summed E-state index contributed by atoms with van der Waals surface area (Å²) in [5.74, 6) is 1.59. The highest BCUT2D eigenvalue weighted by Crippen LogP contribution is 2.26. The van der Waals surface area contributed by atoms with E-state index in [1.54, 1.807) is 0 Å². The van der Waals surface area contributed by atoms with E-state index in [0.717, 1.165) is 34.8 Å². The monoisotopic (exact) mass is 341 g/mol. The molecule has 0 saturated carbocycles. The number of rotatable bonds is 4. The first-order chi connectivity index (χ1) is 11.9. The molecule has 1 aliphatic heterocycles. The zero-order chi connectivity index (χ0) is 18.0. The van der Waals surface area contributed by atoms with Gasteiger partial charge >= 0.3 is 6.03 Å². The summed E-state index contributed by atoms with van der Waals surface area (Å²) in [6.45, 7) is 5.69. The molecule has 2 atom stereocenters. The van der Waals surface area contributed by atoms with Crippen LogP contribution in [0.15, 0.2) is 34.7 Å². The van der Waals surface area contributed by atoms with Gasteiger partial charge in [-0.25, -0.2) is 4.79 Å². The maximum Gasteiger partial charge on any atom is 0.315 e. The lowest BCUT2D eigenvalue weighted by Gasteiger charge is -2.21. The molecule has 25 heavy (non-hydrogen) atoms. The largest absolute Gasteiger partial charge is 0.464 e. The van der Waals surface area contributed by atoms with Gasteiger partial charge in [0.1, 0.15) is 11.5 Å². The van der Waals surface area contributed by atoms with Gasteiger partial charge in [-0.1, -0.05) is 12.1 Å². The number of hydrogen-bond acceptors (Lipinski definition) is 3. The van der Waals surface area contributed by atoms with E-state index in [0.29, 0.717) is 6.42 Å². The Labute approximate surface area is 147 Å². The number of fused-ring (bicyclic) bond motifs is 1. The highest BCUT2D eigenvalue weighted by Gasteiger charge is 2.18. The highest BCUT2D eigenvalue weighted by atomic mass is 16.3. The van der Waals surface area contributed by atoms with Crippen LogP contribution in [0.4, 0.5) is 10.5 Å². The third-order valence-corrected chi connectivity index (χ3v) is 4.41. The number of urea groups is 1. The number of furan rings is 1. The van der Waals surface area contributed by atoms with E-state index >= 15 is 0 Å². The first-order valence-electron chi connectivity index (χ1n) is 8.48. The molecule has 3 rings (SSSR count). The molecular formula is C19H23N3O3. The molecule has 3 N–H and O–H groups in total. The first-order valence-corrected chi connectivity index (χ1v) is 8.48. The third kappa shape index (κ3) is 4.02. The molecule has 0 aliphatic carbocycles. The van der Waals surface area contributed by atoms with Crippen LogP contribution in [-0.4, -0.2) is 11.9 Å². The van der Waals surface area contributed by atoms with Crippen molar-refractivity contribution >= 4 is 17.6 Å². The van der Waals surface area contributed by atoms with Crippen LogP contribution in [0, 0.1) is 6.92 Å². The summed E-state index contributed by atoms with van der Waals surface area (Å²) in [4.78, 5) is 23.7. The van der Waals surface area contributed by atoms with Crippen molar-refractivity contribution in [1.29, 1.82) is 0 Å². The number of amides is 3. The Hall–Kier alpha value is -2.76. The molecule has 0 bridgehead atoms. The van der Waals surface area contributed by atoms with Gasteiger partial charge in [-0.05, 0) is 56.5 Å². The van der Waals surface area contributed by atoms with E-state index in [1.165, 1.54) is 0 Å². The molecule has 2 heterocycles. The van der Waals surface area contributed by atoms with Gasteiger partial charge < -0.3 is 20.4 Å². The van der Waals surface area contributed by atoms with E-state index in [1.807, 2.05) is 51.1 Å². The minimum atomic E-state index is -0.250. The van der Waals surface area contributed by atoms with Crippen molar-refractivity contribution in [2.24, 2.45) is 0 Å². The number of benzene rings is 1. The van der Waals surface area contributed by atoms with E-state index in [2.05, 4.69) is 16.0 Å². The Balaban J connectivity index is 1.61. The van der Waals surface area contributed by atoms with Crippen LogP contribution in [0.1, 0.15) is 55.0 Å². The van der Waals surface area contributed by atoms with Crippen LogP contribution in [0.5, 0.6) is 0 Å². The number of anilines is 1.